The Morgan fingerprint density at radius 2 is 1.66 bits per heavy atom. The van der Waals surface area contributed by atoms with Crippen molar-refractivity contribution in [3.05, 3.63) is 89.5 Å². The van der Waals surface area contributed by atoms with Crippen molar-refractivity contribution >= 4 is 5.91 Å². The van der Waals surface area contributed by atoms with Gasteiger partial charge in [-0.25, -0.2) is 0 Å². The first-order chi connectivity index (χ1) is 16.8. The van der Waals surface area contributed by atoms with Gasteiger partial charge >= 0.3 is 6.18 Å². The minimum atomic E-state index is -4.43. The maximum atomic E-state index is 13.0. The standard InChI is InChI=1S/C26H22F3N3O3/c1-34-23-11-6-16(12-24(23)35-2)15-30-25(33)18-9-7-17(8-10-18)21-14-22(32-31-21)19-4-3-5-20(13-19)26(27,28)29/h3-14H,15H2,1-2H3,(H,30,33)(H,31,32). The molecule has 180 valence electrons. The van der Waals surface area contributed by atoms with Crippen LogP contribution in [0.15, 0.2) is 72.8 Å². The highest BCUT2D eigenvalue weighted by atomic mass is 19.4. The van der Waals surface area contributed by atoms with Crippen LogP contribution in [0.25, 0.3) is 22.5 Å². The molecule has 3 aromatic carbocycles. The molecule has 0 fully saturated rings. The van der Waals surface area contributed by atoms with Crippen molar-refractivity contribution in [2.45, 2.75) is 12.7 Å². The maximum absolute atomic E-state index is 13.0. The number of hydrogen-bond acceptors (Lipinski definition) is 4. The van der Waals surface area contributed by atoms with Gasteiger partial charge in [-0.05, 0) is 53.6 Å². The van der Waals surface area contributed by atoms with E-state index in [-0.39, 0.29) is 5.91 Å². The molecule has 35 heavy (non-hydrogen) atoms. The van der Waals surface area contributed by atoms with E-state index in [0.29, 0.717) is 40.6 Å². The summed E-state index contributed by atoms with van der Waals surface area (Å²) in [5.74, 6) is 0.932. The highest BCUT2D eigenvalue weighted by Gasteiger charge is 2.30. The van der Waals surface area contributed by atoms with Gasteiger partial charge in [-0.3, -0.25) is 9.89 Å². The number of carbonyl (C=O) groups is 1. The van der Waals surface area contributed by atoms with Crippen LogP contribution in [0.4, 0.5) is 13.2 Å². The number of nitrogens with zero attached hydrogens (tertiary/aromatic N) is 1. The van der Waals surface area contributed by atoms with Crippen LogP contribution < -0.4 is 14.8 Å². The number of ether oxygens (including phenoxy) is 2. The summed E-state index contributed by atoms with van der Waals surface area (Å²) in [6.07, 6.45) is -4.43. The Kier molecular flexibility index (Phi) is 6.77. The Bertz CT molecular complexity index is 1330. The van der Waals surface area contributed by atoms with Gasteiger partial charge in [0.1, 0.15) is 0 Å². The van der Waals surface area contributed by atoms with E-state index >= 15 is 0 Å². The smallest absolute Gasteiger partial charge is 0.416 e. The van der Waals surface area contributed by atoms with E-state index in [0.717, 1.165) is 23.3 Å². The largest absolute Gasteiger partial charge is 0.493 e. The molecule has 0 aliphatic heterocycles. The number of amides is 1. The van der Waals surface area contributed by atoms with Gasteiger partial charge in [0, 0.05) is 17.7 Å². The molecule has 4 rings (SSSR count). The number of alkyl halides is 3. The van der Waals surface area contributed by atoms with Gasteiger partial charge in [-0.2, -0.15) is 18.3 Å². The molecular formula is C26H22F3N3O3. The molecule has 0 spiro atoms. The third-order valence-corrected chi connectivity index (χ3v) is 5.42. The fourth-order valence-corrected chi connectivity index (χ4v) is 3.55. The SMILES string of the molecule is COc1ccc(CNC(=O)c2ccc(-c3cc(-c4cccc(C(F)(F)F)c4)n[nH]3)cc2)cc1OC. The molecule has 0 unspecified atom stereocenters. The topological polar surface area (TPSA) is 76.2 Å². The van der Waals surface area contributed by atoms with Gasteiger partial charge in [0.05, 0.1) is 31.2 Å². The van der Waals surface area contributed by atoms with Crippen molar-refractivity contribution in [2.24, 2.45) is 0 Å². The van der Waals surface area contributed by atoms with E-state index in [1.54, 1.807) is 62.8 Å². The lowest BCUT2D eigenvalue weighted by Gasteiger charge is -2.10. The van der Waals surface area contributed by atoms with Gasteiger partial charge in [0.25, 0.3) is 5.91 Å². The van der Waals surface area contributed by atoms with E-state index in [1.165, 1.54) is 6.07 Å². The number of halogens is 3. The minimum Gasteiger partial charge on any atom is -0.493 e. The predicted octanol–water partition coefficient (Wildman–Crippen LogP) is 5.71. The van der Waals surface area contributed by atoms with E-state index < -0.39 is 11.7 Å². The summed E-state index contributed by atoms with van der Waals surface area (Å²) in [4.78, 5) is 12.6. The Hall–Kier alpha value is -4.27. The lowest BCUT2D eigenvalue weighted by Crippen LogP contribution is -2.22. The molecule has 1 aromatic heterocycles. The third kappa shape index (κ3) is 5.46. The van der Waals surface area contributed by atoms with Crippen molar-refractivity contribution in [1.82, 2.24) is 15.5 Å². The molecule has 4 aromatic rings. The molecule has 6 nitrogen and oxygen atoms in total. The monoisotopic (exact) mass is 481 g/mol. The quantitative estimate of drug-likeness (QED) is 0.355. The second-order valence-electron chi connectivity index (χ2n) is 7.69. The highest BCUT2D eigenvalue weighted by molar-refractivity contribution is 5.94. The number of aromatic amines is 1. The van der Waals surface area contributed by atoms with Crippen molar-refractivity contribution in [3.63, 3.8) is 0 Å². The number of nitrogens with one attached hydrogen (secondary N) is 2. The normalized spacial score (nSPS) is 11.2. The first-order valence-electron chi connectivity index (χ1n) is 10.6. The summed E-state index contributed by atoms with van der Waals surface area (Å²) in [5.41, 5.74) is 2.69. The number of methoxy groups -OCH3 is 2. The fraction of sp³-hybridized carbons (Fsp3) is 0.154. The zero-order chi connectivity index (χ0) is 25.0. The van der Waals surface area contributed by atoms with Crippen LogP contribution in [-0.4, -0.2) is 30.3 Å². The Balaban J connectivity index is 1.43. The number of benzene rings is 3. The summed E-state index contributed by atoms with van der Waals surface area (Å²) in [6.45, 7) is 0.307. The molecule has 0 saturated carbocycles. The zero-order valence-corrected chi connectivity index (χ0v) is 18.9. The average molecular weight is 481 g/mol. The number of rotatable bonds is 7. The first-order valence-corrected chi connectivity index (χ1v) is 10.6. The summed E-state index contributed by atoms with van der Waals surface area (Å²) < 4.78 is 49.5. The molecule has 2 N–H and O–H groups in total. The molecule has 1 amide bonds. The second kappa shape index (κ2) is 9.92. The van der Waals surface area contributed by atoms with E-state index in [1.807, 2.05) is 6.07 Å². The molecular weight excluding hydrogens is 459 g/mol. The van der Waals surface area contributed by atoms with Crippen molar-refractivity contribution < 1.29 is 27.4 Å². The predicted molar refractivity (Wildman–Crippen MR) is 125 cm³/mol. The number of carbonyl (C=O) groups excluding carboxylic acids is 1. The van der Waals surface area contributed by atoms with Gasteiger partial charge < -0.3 is 14.8 Å². The molecule has 0 aliphatic carbocycles. The molecule has 0 radical (unpaired) electrons. The maximum Gasteiger partial charge on any atom is 0.416 e. The van der Waals surface area contributed by atoms with Crippen LogP contribution in [0.5, 0.6) is 11.5 Å². The summed E-state index contributed by atoms with van der Waals surface area (Å²) >= 11 is 0. The average Bonchev–Trinajstić information content (AvgIpc) is 3.37. The fourth-order valence-electron chi connectivity index (χ4n) is 3.55. The molecule has 0 atom stereocenters. The van der Waals surface area contributed by atoms with E-state index in [9.17, 15) is 18.0 Å². The van der Waals surface area contributed by atoms with Gasteiger partial charge in [0.15, 0.2) is 11.5 Å². The molecule has 0 aliphatic rings. The summed E-state index contributed by atoms with van der Waals surface area (Å²) in [5, 5.41) is 9.84. The van der Waals surface area contributed by atoms with Crippen LogP contribution in [0.2, 0.25) is 0 Å². The van der Waals surface area contributed by atoms with Crippen LogP contribution in [0.3, 0.4) is 0 Å². The van der Waals surface area contributed by atoms with Crippen molar-refractivity contribution in [1.29, 1.82) is 0 Å². The lowest BCUT2D eigenvalue weighted by atomic mass is 10.1. The second-order valence-corrected chi connectivity index (χ2v) is 7.69. The molecule has 0 bridgehead atoms. The molecule has 1 heterocycles. The lowest BCUT2D eigenvalue weighted by molar-refractivity contribution is -0.137. The third-order valence-electron chi connectivity index (χ3n) is 5.42. The zero-order valence-electron chi connectivity index (χ0n) is 18.9. The van der Waals surface area contributed by atoms with Crippen LogP contribution in [-0.2, 0) is 12.7 Å². The van der Waals surface area contributed by atoms with E-state index in [2.05, 4.69) is 15.5 Å². The molecule has 9 heteroatoms. The minimum absolute atomic E-state index is 0.249. The van der Waals surface area contributed by atoms with Crippen molar-refractivity contribution in [3.8, 4) is 34.0 Å². The number of hydrogen-bond donors (Lipinski definition) is 2. The summed E-state index contributed by atoms with van der Waals surface area (Å²) in [6, 6.07) is 18.9. The van der Waals surface area contributed by atoms with E-state index in [4.69, 9.17) is 9.47 Å². The number of aromatic nitrogens is 2. The molecule has 0 saturated heterocycles. The Morgan fingerprint density at radius 3 is 2.34 bits per heavy atom. The van der Waals surface area contributed by atoms with Gasteiger partial charge in [-0.1, -0.05) is 30.3 Å². The first kappa shape index (κ1) is 23.9. The number of H-pyrrole nitrogens is 1. The van der Waals surface area contributed by atoms with Crippen molar-refractivity contribution in [2.75, 3.05) is 14.2 Å². The van der Waals surface area contributed by atoms with Crippen LogP contribution >= 0.6 is 0 Å². The van der Waals surface area contributed by atoms with Gasteiger partial charge in [-0.15, -0.1) is 0 Å². The van der Waals surface area contributed by atoms with Crippen LogP contribution in [0.1, 0.15) is 21.5 Å². The van der Waals surface area contributed by atoms with Crippen LogP contribution in [0, 0.1) is 0 Å². The highest BCUT2D eigenvalue weighted by Crippen LogP contribution is 2.32. The van der Waals surface area contributed by atoms with Gasteiger partial charge in [0.2, 0.25) is 0 Å². The summed E-state index contributed by atoms with van der Waals surface area (Å²) in [7, 11) is 3.10. The Labute approximate surface area is 199 Å². The Morgan fingerprint density at radius 1 is 0.914 bits per heavy atom.